The molecule has 0 radical (unpaired) electrons. The molecule has 2 heterocycles. The first-order chi connectivity index (χ1) is 9.06. The number of aromatic carboxylic acids is 1. The molecule has 0 aromatic carbocycles. The molecule has 1 N–H and O–H groups in total. The molecule has 2 aromatic rings. The summed E-state index contributed by atoms with van der Waals surface area (Å²) >= 11 is 0. The van der Waals surface area contributed by atoms with Crippen LogP contribution in [0.5, 0.6) is 11.9 Å². The number of carboxylic acid groups (broad SMARTS) is 1. The molecule has 8 heteroatoms. The Kier molecular flexibility index (Phi) is 3.32. The number of nitrogens with zero attached hydrogens (tertiary/aromatic N) is 4. The van der Waals surface area contributed by atoms with E-state index in [2.05, 4.69) is 15.1 Å². The number of ether oxygens (including phenoxy) is 2. The van der Waals surface area contributed by atoms with Crippen LogP contribution < -0.4 is 9.47 Å². The fourth-order valence-electron chi connectivity index (χ4n) is 1.56. The van der Waals surface area contributed by atoms with Crippen LogP contribution in [0.2, 0.25) is 0 Å². The predicted molar refractivity (Wildman–Crippen MR) is 64.0 cm³/mol. The number of carboxylic acids is 1. The number of carbonyl (C=O) groups is 1. The van der Waals surface area contributed by atoms with Crippen molar-refractivity contribution < 1.29 is 19.4 Å². The van der Waals surface area contributed by atoms with E-state index < -0.39 is 5.97 Å². The molecule has 0 saturated carbocycles. The van der Waals surface area contributed by atoms with Gasteiger partial charge in [0.15, 0.2) is 5.69 Å². The zero-order valence-electron chi connectivity index (χ0n) is 10.6. The molecule has 0 bridgehead atoms. The van der Waals surface area contributed by atoms with E-state index in [1.165, 1.54) is 31.2 Å². The van der Waals surface area contributed by atoms with E-state index >= 15 is 0 Å². The van der Waals surface area contributed by atoms with Crippen LogP contribution in [0.4, 0.5) is 0 Å². The zero-order chi connectivity index (χ0) is 14.0. The minimum Gasteiger partial charge on any atom is -0.479 e. The summed E-state index contributed by atoms with van der Waals surface area (Å²) in [4.78, 5) is 18.9. The van der Waals surface area contributed by atoms with Gasteiger partial charge in [-0.3, -0.25) is 0 Å². The minimum absolute atomic E-state index is 0.0598. The van der Waals surface area contributed by atoms with E-state index in [1.54, 1.807) is 6.92 Å². The topological polar surface area (TPSA) is 99.4 Å². The van der Waals surface area contributed by atoms with Gasteiger partial charge in [0.05, 0.1) is 20.4 Å². The number of aromatic nitrogens is 4. The quantitative estimate of drug-likeness (QED) is 0.866. The van der Waals surface area contributed by atoms with Gasteiger partial charge < -0.3 is 14.6 Å². The smallest absolute Gasteiger partial charge is 0.356 e. The summed E-state index contributed by atoms with van der Waals surface area (Å²) < 4.78 is 11.4. The van der Waals surface area contributed by atoms with E-state index in [0.29, 0.717) is 11.4 Å². The van der Waals surface area contributed by atoms with Gasteiger partial charge in [-0.25, -0.2) is 14.5 Å². The molecule has 0 saturated heterocycles. The van der Waals surface area contributed by atoms with E-state index in [-0.39, 0.29) is 17.6 Å². The Morgan fingerprint density at radius 3 is 2.63 bits per heavy atom. The van der Waals surface area contributed by atoms with Gasteiger partial charge in [0.2, 0.25) is 5.88 Å². The van der Waals surface area contributed by atoms with Crippen LogP contribution in [0.15, 0.2) is 12.3 Å². The standard InChI is InChI=1S/C11H12N4O4/c1-6-4-7(10(16)17)14-15(6)8-5-12-11(19-3)13-9(8)18-2/h4-5H,1-3H3,(H,16,17). The van der Waals surface area contributed by atoms with Gasteiger partial charge in [-0.1, -0.05) is 0 Å². The second kappa shape index (κ2) is 4.92. The van der Waals surface area contributed by atoms with Crippen molar-refractivity contribution in [1.82, 2.24) is 19.7 Å². The molecule has 2 aromatic heterocycles. The SMILES string of the molecule is COc1ncc(-n2nc(C(=O)O)cc2C)c(OC)n1. The fraction of sp³-hybridized carbons (Fsp3) is 0.273. The Hall–Kier alpha value is -2.64. The lowest BCUT2D eigenvalue weighted by molar-refractivity contribution is 0.0690. The molecule has 0 atom stereocenters. The fourth-order valence-corrected chi connectivity index (χ4v) is 1.56. The summed E-state index contributed by atoms with van der Waals surface area (Å²) in [5.41, 5.74) is 1.01. The van der Waals surface area contributed by atoms with Crippen molar-refractivity contribution in [2.45, 2.75) is 6.92 Å². The Morgan fingerprint density at radius 2 is 2.11 bits per heavy atom. The first-order valence-corrected chi connectivity index (χ1v) is 5.32. The first kappa shape index (κ1) is 12.8. The van der Waals surface area contributed by atoms with Gasteiger partial charge in [0, 0.05) is 5.69 Å². The maximum Gasteiger partial charge on any atom is 0.356 e. The molecule has 100 valence electrons. The zero-order valence-corrected chi connectivity index (χ0v) is 10.6. The monoisotopic (exact) mass is 264 g/mol. The Balaban J connectivity index is 2.55. The third-order valence-corrected chi connectivity index (χ3v) is 2.42. The molecule has 0 aliphatic rings. The second-order valence-corrected chi connectivity index (χ2v) is 3.64. The van der Waals surface area contributed by atoms with Crippen molar-refractivity contribution >= 4 is 5.97 Å². The normalized spacial score (nSPS) is 10.3. The molecular formula is C11H12N4O4. The van der Waals surface area contributed by atoms with Crippen LogP contribution in [0.25, 0.3) is 5.69 Å². The average molecular weight is 264 g/mol. The van der Waals surface area contributed by atoms with Crippen LogP contribution in [0, 0.1) is 6.92 Å². The number of hydrogen-bond acceptors (Lipinski definition) is 6. The highest BCUT2D eigenvalue weighted by Gasteiger charge is 2.16. The highest BCUT2D eigenvalue weighted by molar-refractivity contribution is 5.85. The third kappa shape index (κ3) is 2.32. The van der Waals surface area contributed by atoms with E-state index in [1.807, 2.05) is 0 Å². The van der Waals surface area contributed by atoms with Crippen LogP contribution in [-0.4, -0.2) is 45.0 Å². The summed E-state index contributed by atoms with van der Waals surface area (Å²) in [5, 5.41) is 12.9. The molecule has 2 rings (SSSR count). The van der Waals surface area contributed by atoms with Gasteiger partial charge >= 0.3 is 12.0 Å². The van der Waals surface area contributed by atoms with Gasteiger partial charge in [-0.05, 0) is 13.0 Å². The lowest BCUT2D eigenvalue weighted by Gasteiger charge is -2.09. The van der Waals surface area contributed by atoms with Crippen LogP contribution in [-0.2, 0) is 0 Å². The number of aryl methyl sites for hydroxylation is 1. The molecular weight excluding hydrogens is 252 g/mol. The summed E-state index contributed by atoms with van der Waals surface area (Å²) in [7, 11) is 2.89. The van der Waals surface area contributed by atoms with Crippen molar-refractivity contribution in [3.63, 3.8) is 0 Å². The van der Waals surface area contributed by atoms with Crippen LogP contribution >= 0.6 is 0 Å². The largest absolute Gasteiger partial charge is 0.479 e. The third-order valence-electron chi connectivity index (χ3n) is 2.42. The van der Waals surface area contributed by atoms with E-state index in [9.17, 15) is 4.79 Å². The molecule has 0 amide bonds. The first-order valence-electron chi connectivity index (χ1n) is 5.32. The second-order valence-electron chi connectivity index (χ2n) is 3.64. The summed E-state index contributed by atoms with van der Waals surface area (Å²) in [5.74, 6) is -0.856. The van der Waals surface area contributed by atoms with Gasteiger partial charge in [-0.2, -0.15) is 10.1 Å². The van der Waals surface area contributed by atoms with Crippen molar-refractivity contribution in [2.24, 2.45) is 0 Å². The lowest BCUT2D eigenvalue weighted by atomic mass is 10.4. The summed E-state index contributed by atoms with van der Waals surface area (Å²) in [6.45, 7) is 1.73. The molecule has 0 aliphatic carbocycles. The van der Waals surface area contributed by atoms with Gasteiger partial charge in [0.1, 0.15) is 5.69 Å². The van der Waals surface area contributed by atoms with Gasteiger partial charge in [0.25, 0.3) is 0 Å². The number of rotatable bonds is 4. The summed E-state index contributed by atoms with van der Waals surface area (Å²) in [6.07, 6.45) is 1.45. The number of methoxy groups -OCH3 is 2. The highest BCUT2D eigenvalue weighted by atomic mass is 16.5. The Labute approximate surface area is 108 Å². The van der Waals surface area contributed by atoms with E-state index in [4.69, 9.17) is 14.6 Å². The summed E-state index contributed by atoms with van der Waals surface area (Å²) in [6, 6.07) is 1.61. The maximum atomic E-state index is 10.9. The van der Waals surface area contributed by atoms with Gasteiger partial charge in [-0.15, -0.1) is 0 Å². The molecule has 0 fully saturated rings. The maximum absolute atomic E-state index is 10.9. The number of hydrogen-bond donors (Lipinski definition) is 1. The highest BCUT2D eigenvalue weighted by Crippen LogP contribution is 2.22. The molecule has 0 aliphatic heterocycles. The van der Waals surface area contributed by atoms with Crippen molar-refractivity contribution in [3.05, 3.63) is 23.7 Å². The van der Waals surface area contributed by atoms with Crippen molar-refractivity contribution in [1.29, 1.82) is 0 Å². The van der Waals surface area contributed by atoms with E-state index in [0.717, 1.165) is 0 Å². The molecule has 0 spiro atoms. The van der Waals surface area contributed by atoms with Crippen molar-refractivity contribution in [2.75, 3.05) is 14.2 Å². The molecule has 0 unspecified atom stereocenters. The predicted octanol–water partition coefficient (Wildman–Crippen LogP) is 0.686. The molecule has 8 nitrogen and oxygen atoms in total. The van der Waals surface area contributed by atoms with Crippen LogP contribution in [0.3, 0.4) is 0 Å². The minimum atomic E-state index is -1.10. The average Bonchev–Trinajstić information content (AvgIpc) is 2.80. The molecule has 19 heavy (non-hydrogen) atoms. The van der Waals surface area contributed by atoms with Crippen molar-refractivity contribution in [3.8, 4) is 17.6 Å². The lowest BCUT2D eigenvalue weighted by Crippen LogP contribution is -2.07. The Morgan fingerprint density at radius 1 is 1.37 bits per heavy atom. The Bertz CT molecular complexity index is 623. The van der Waals surface area contributed by atoms with Crippen LogP contribution in [0.1, 0.15) is 16.2 Å².